The molecule has 2 rings (SSSR count). The summed E-state index contributed by atoms with van der Waals surface area (Å²) in [6, 6.07) is 8.84. The van der Waals surface area contributed by atoms with E-state index in [4.69, 9.17) is 34.8 Å². The summed E-state index contributed by atoms with van der Waals surface area (Å²) < 4.78 is 26.3. The summed E-state index contributed by atoms with van der Waals surface area (Å²) in [5.74, 6) is -0.907. The fourth-order valence-corrected chi connectivity index (χ4v) is 4.65. The number of hydrogen-bond donors (Lipinski definition) is 1. The van der Waals surface area contributed by atoms with Crippen LogP contribution in [0.15, 0.2) is 36.4 Å². The molecule has 0 aliphatic rings. The number of nitrogens with one attached hydrogen (secondary N) is 1. The Morgan fingerprint density at radius 1 is 1.06 bits per heavy atom. The molecule has 0 radical (unpaired) electrons. The van der Waals surface area contributed by atoms with Crippen molar-refractivity contribution in [3.63, 3.8) is 0 Å². The van der Waals surface area contributed by atoms with E-state index in [1.54, 1.807) is 44.2 Å². The minimum Gasteiger partial charge on any atom is -0.354 e. The van der Waals surface area contributed by atoms with Gasteiger partial charge in [-0.3, -0.25) is 13.9 Å². The Hall–Kier alpha value is -2.00. The molecule has 0 saturated carbocycles. The molecule has 0 spiro atoms. The molecule has 2 aromatic carbocycles. The van der Waals surface area contributed by atoms with Crippen LogP contribution in [-0.2, 0) is 26.2 Å². The summed E-state index contributed by atoms with van der Waals surface area (Å²) in [4.78, 5) is 27.5. The summed E-state index contributed by atoms with van der Waals surface area (Å²) >= 11 is 18.2. The highest BCUT2D eigenvalue weighted by Gasteiger charge is 2.30. The third kappa shape index (κ3) is 7.50. The number of carbonyl (C=O) groups excluding carboxylic acids is 2. The van der Waals surface area contributed by atoms with E-state index in [1.165, 1.54) is 11.0 Å². The van der Waals surface area contributed by atoms with Gasteiger partial charge >= 0.3 is 0 Å². The van der Waals surface area contributed by atoms with Gasteiger partial charge in [-0.05, 0) is 55.7 Å². The van der Waals surface area contributed by atoms with Crippen molar-refractivity contribution in [2.45, 2.75) is 39.8 Å². The number of sulfonamides is 1. The van der Waals surface area contributed by atoms with Crippen molar-refractivity contribution in [1.29, 1.82) is 0 Å². The molecular formula is C23H28Cl3N3O4S. The molecule has 0 aliphatic heterocycles. The Kier molecular flexibility index (Phi) is 10.1. The molecule has 0 aliphatic carbocycles. The minimum absolute atomic E-state index is 0.0303. The number of anilines is 1. The molecule has 2 aromatic rings. The van der Waals surface area contributed by atoms with Gasteiger partial charge in [-0.15, -0.1) is 0 Å². The van der Waals surface area contributed by atoms with Crippen molar-refractivity contribution in [2.75, 3.05) is 23.7 Å². The zero-order chi connectivity index (χ0) is 25.6. The van der Waals surface area contributed by atoms with Gasteiger partial charge in [-0.25, -0.2) is 8.42 Å². The molecule has 1 atom stereocenters. The number of carbonyl (C=O) groups is 2. The Morgan fingerprint density at radius 2 is 1.74 bits per heavy atom. The molecule has 11 heteroatoms. The molecule has 0 saturated heterocycles. The number of amides is 2. The van der Waals surface area contributed by atoms with Crippen LogP contribution >= 0.6 is 34.8 Å². The van der Waals surface area contributed by atoms with Crippen LogP contribution in [0.1, 0.15) is 31.4 Å². The van der Waals surface area contributed by atoms with Gasteiger partial charge in [0.1, 0.15) is 12.6 Å². The Bertz CT molecular complexity index is 1160. The van der Waals surface area contributed by atoms with E-state index in [2.05, 4.69) is 5.32 Å². The smallest absolute Gasteiger partial charge is 0.244 e. The van der Waals surface area contributed by atoms with Crippen LogP contribution in [-0.4, -0.2) is 50.5 Å². The molecular weight excluding hydrogens is 521 g/mol. The third-order valence-corrected chi connectivity index (χ3v) is 7.27. The summed E-state index contributed by atoms with van der Waals surface area (Å²) in [6.07, 6.45) is 1.75. The Morgan fingerprint density at radius 3 is 2.32 bits per heavy atom. The standard InChI is InChI=1S/C23H28Cl3N3O4S/c1-5-10-27-23(31)16(3)28(13-17-7-9-19(25)20(26)11-17)22(30)14-29(34(4,32)33)21-12-18(24)8-6-15(21)2/h6-9,11-12,16H,5,10,13-14H2,1-4H3,(H,27,31)/t16-/m1/s1. The number of benzene rings is 2. The van der Waals surface area contributed by atoms with Crippen LogP contribution in [0.25, 0.3) is 0 Å². The quantitative estimate of drug-likeness (QED) is 0.468. The van der Waals surface area contributed by atoms with Crippen LogP contribution in [0.4, 0.5) is 5.69 Å². The average Bonchev–Trinajstić information content (AvgIpc) is 2.76. The summed E-state index contributed by atoms with van der Waals surface area (Å²) in [5, 5.41) is 3.78. The molecule has 0 fully saturated rings. The van der Waals surface area contributed by atoms with Crippen LogP contribution in [0.3, 0.4) is 0 Å². The van der Waals surface area contributed by atoms with Crippen LogP contribution in [0.2, 0.25) is 15.1 Å². The largest absolute Gasteiger partial charge is 0.354 e. The Labute approximate surface area is 216 Å². The highest BCUT2D eigenvalue weighted by atomic mass is 35.5. The maximum absolute atomic E-state index is 13.5. The highest BCUT2D eigenvalue weighted by molar-refractivity contribution is 7.92. The first-order chi connectivity index (χ1) is 15.8. The number of halogens is 3. The number of rotatable bonds is 10. The van der Waals surface area contributed by atoms with E-state index in [9.17, 15) is 18.0 Å². The molecule has 186 valence electrons. The predicted octanol–water partition coefficient (Wildman–Crippen LogP) is 4.66. The monoisotopic (exact) mass is 547 g/mol. The normalized spacial score (nSPS) is 12.2. The lowest BCUT2D eigenvalue weighted by Gasteiger charge is -2.32. The van der Waals surface area contributed by atoms with Crippen molar-refractivity contribution in [2.24, 2.45) is 0 Å². The van der Waals surface area contributed by atoms with E-state index in [0.717, 1.165) is 17.0 Å². The van der Waals surface area contributed by atoms with Gasteiger partial charge < -0.3 is 10.2 Å². The predicted molar refractivity (Wildman–Crippen MR) is 138 cm³/mol. The van der Waals surface area contributed by atoms with E-state index in [-0.39, 0.29) is 12.5 Å². The molecule has 0 aromatic heterocycles. The van der Waals surface area contributed by atoms with Crippen LogP contribution in [0, 0.1) is 6.92 Å². The maximum atomic E-state index is 13.5. The second-order valence-electron chi connectivity index (χ2n) is 7.94. The zero-order valence-electron chi connectivity index (χ0n) is 19.4. The van der Waals surface area contributed by atoms with Gasteiger partial charge in [-0.1, -0.05) is 53.9 Å². The summed E-state index contributed by atoms with van der Waals surface area (Å²) in [5.41, 5.74) is 1.57. The molecule has 0 unspecified atom stereocenters. The van der Waals surface area contributed by atoms with Crippen molar-refractivity contribution >= 4 is 62.3 Å². The second kappa shape index (κ2) is 12.1. The summed E-state index contributed by atoms with van der Waals surface area (Å²) in [7, 11) is -3.84. The molecule has 34 heavy (non-hydrogen) atoms. The van der Waals surface area contributed by atoms with E-state index < -0.39 is 28.5 Å². The lowest BCUT2D eigenvalue weighted by molar-refractivity contribution is -0.139. The lowest BCUT2D eigenvalue weighted by atomic mass is 10.1. The first-order valence-electron chi connectivity index (χ1n) is 10.6. The number of hydrogen-bond acceptors (Lipinski definition) is 4. The minimum atomic E-state index is -3.84. The van der Waals surface area contributed by atoms with Gasteiger partial charge in [0, 0.05) is 18.1 Å². The van der Waals surface area contributed by atoms with Gasteiger partial charge in [0.05, 0.1) is 22.0 Å². The molecule has 0 bridgehead atoms. The fraction of sp³-hybridized carbons (Fsp3) is 0.391. The first kappa shape index (κ1) is 28.2. The SMILES string of the molecule is CCCNC(=O)[C@@H](C)N(Cc1ccc(Cl)c(Cl)c1)C(=O)CN(c1cc(Cl)ccc1C)S(C)(=O)=O. The zero-order valence-corrected chi connectivity index (χ0v) is 22.5. The fourth-order valence-electron chi connectivity index (χ4n) is 3.26. The number of aryl methyl sites for hydroxylation is 1. The van der Waals surface area contributed by atoms with Crippen molar-refractivity contribution in [1.82, 2.24) is 10.2 Å². The molecule has 7 nitrogen and oxygen atoms in total. The van der Waals surface area contributed by atoms with E-state index >= 15 is 0 Å². The van der Waals surface area contributed by atoms with Gasteiger partial charge in [-0.2, -0.15) is 0 Å². The Balaban J connectivity index is 2.44. The lowest BCUT2D eigenvalue weighted by Crippen LogP contribution is -2.51. The van der Waals surface area contributed by atoms with Crippen molar-refractivity contribution < 1.29 is 18.0 Å². The second-order valence-corrected chi connectivity index (χ2v) is 11.1. The number of nitrogens with zero attached hydrogens (tertiary/aromatic N) is 2. The molecule has 1 N–H and O–H groups in total. The van der Waals surface area contributed by atoms with Crippen LogP contribution < -0.4 is 9.62 Å². The average molecular weight is 549 g/mol. The molecule has 2 amide bonds. The van der Waals surface area contributed by atoms with Crippen molar-refractivity contribution in [3.05, 3.63) is 62.6 Å². The summed E-state index contributed by atoms with van der Waals surface area (Å²) in [6.45, 7) is 5.21. The maximum Gasteiger partial charge on any atom is 0.244 e. The highest BCUT2D eigenvalue weighted by Crippen LogP contribution is 2.27. The van der Waals surface area contributed by atoms with Gasteiger partial charge in [0.2, 0.25) is 21.8 Å². The third-order valence-electron chi connectivity index (χ3n) is 5.17. The van der Waals surface area contributed by atoms with Gasteiger partial charge in [0.15, 0.2) is 0 Å². The van der Waals surface area contributed by atoms with Crippen molar-refractivity contribution in [3.8, 4) is 0 Å². The van der Waals surface area contributed by atoms with E-state index in [1.807, 2.05) is 6.92 Å². The van der Waals surface area contributed by atoms with Gasteiger partial charge in [0.25, 0.3) is 0 Å². The van der Waals surface area contributed by atoms with E-state index in [0.29, 0.717) is 38.4 Å². The first-order valence-corrected chi connectivity index (χ1v) is 13.6. The van der Waals surface area contributed by atoms with Crippen LogP contribution in [0.5, 0.6) is 0 Å². The topological polar surface area (TPSA) is 86.8 Å². The molecule has 0 heterocycles.